The van der Waals surface area contributed by atoms with E-state index in [2.05, 4.69) is 31.6 Å². The SMILES string of the molecule is COCCNCc1cn(-c2cc(OC)ccc2Br)nn1. The third-order valence-corrected chi connectivity index (χ3v) is 3.40. The molecule has 1 aromatic carbocycles. The van der Waals surface area contributed by atoms with Gasteiger partial charge in [0.05, 0.1) is 31.3 Å². The van der Waals surface area contributed by atoms with Crippen molar-refractivity contribution in [3.05, 3.63) is 34.6 Å². The summed E-state index contributed by atoms with van der Waals surface area (Å²) in [5.74, 6) is 0.776. The van der Waals surface area contributed by atoms with Gasteiger partial charge in [0.25, 0.3) is 0 Å². The van der Waals surface area contributed by atoms with Crippen LogP contribution in [-0.2, 0) is 11.3 Å². The monoisotopic (exact) mass is 340 g/mol. The van der Waals surface area contributed by atoms with Gasteiger partial charge in [-0.25, -0.2) is 4.68 Å². The van der Waals surface area contributed by atoms with E-state index in [4.69, 9.17) is 9.47 Å². The number of ether oxygens (including phenoxy) is 2. The number of halogens is 1. The first-order valence-corrected chi connectivity index (χ1v) is 6.98. The summed E-state index contributed by atoms with van der Waals surface area (Å²) in [6.07, 6.45) is 1.89. The first-order chi connectivity index (χ1) is 9.74. The molecule has 0 amide bonds. The zero-order valence-electron chi connectivity index (χ0n) is 11.5. The van der Waals surface area contributed by atoms with E-state index in [1.54, 1.807) is 18.9 Å². The summed E-state index contributed by atoms with van der Waals surface area (Å²) in [7, 11) is 3.32. The maximum absolute atomic E-state index is 5.22. The van der Waals surface area contributed by atoms with Crippen LogP contribution >= 0.6 is 15.9 Å². The summed E-state index contributed by atoms with van der Waals surface area (Å²) in [5.41, 5.74) is 1.76. The summed E-state index contributed by atoms with van der Waals surface area (Å²) in [6.45, 7) is 2.12. The predicted molar refractivity (Wildman–Crippen MR) is 79.2 cm³/mol. The van der Waals surface area contributed by atoms with E-state index in [-0.39, 0.29) is 0 Å². The van der Waals surface area contributed by atoms with Gasteiger partial charge >= 0.3 is 0 Å². The maximum atomic E-state index is 5.22. The summed E-state index contributed by atoms with van der Waals surface area (Å²) >= 11 is 3.50. The minimum Gasteiger partial charge on any atom is -0.497 e. The molecule has 0 fully saturated rings. The molecule has 0 unspecified atom stereocenters. The summed E-state index contributed by atoms with van der Waals surface area (Å²) in [4.78, 5) is 0. The molecule has 2 rings (SSSR count). The molecule has 0 radical (unpaired) electrons. The van der Waals surface area contributed by atoms with Crippen molar-refractivity contribution in [2.75, 3.05) is 27.4 Å². The van der Waals surface area contributed by atoms with E-state index in [0.29, 0.717) is 13.2 Å². The molecule has 1 N–H and O–H groups in total. The molecular weight excluding hydrogens is 324 g/mol. The maximum Gasteiger partial charge on any atom is 0.121 e. The van der Waals surface area contributed by atoms with Crippen LogP contribution in [0.5, 0.6) is 5.75 Å². The van der Waals surface area contributed by atoms with Crippen LogP contribution in [0.2, 0.25) is 0 Å². The second-order valence-electron chi connectivity index (χ2n) is 4.14. The van der Waals surface area contributed by atoms with Gasteiger partial charge in [0.2, 0.25) is 0 Å². The molecule has 20 heavy (non-hydrogen) atoms. The van der Waals surface area contributed by atoms with Crippen LogP contribution in [0.4, 0.5) is 0 Å². The molecule has 1 heterocycles. The molecule has 0 saturated heterocycles. The molecule has 0 aliphatic heterocycles. The average molecular weight is 341 g/mol. The highest BCUT2D eigenvalue weighted by Crippen LogP contribution is 2.25. The van der Waals surface area contributed by atoms with Gasteiger partial charge in [-0.3, -0.25) is 0 Å². The lowest BCUT2D eigenvalue weighted by molar-refractivity contribution is 0.199. The predicted octanol–water partition coefficient (Wildman–Crippen LogP) is 1.77. The van der Waals surface area contributed by atoms with Crippen LogP contribution in [-0.4, -0.2) is 42.4 Å². The molecule has 0 saturated carbocycles. The van der Waals surface area contributed by atoms with Gasteiger partial charge in [0.15, 0.2) is 0 Å². The van der Waals surface area contributed by atoms with E-state index >= 15 is 0 Å². The number of rotatable bonds is 7. The molecular formula is C13H17BrN4O2. The minimum absolute atomic E-state index is 0.658. The third kappa shape index (κ3) is 3.78. The van der Waals surface area contributed by atoms with Crippen LogP contribution < -0.4 is 10.1 Å². The summed E-state index contributed by atoms with van der Waals surface area (Å²) in [5, 5.41) is 11.5. The van der Waals surface area contributed by atoms with Crippen molar-refractivity contribution in [3.8, 4) is 11.4 Å². The third-order valence-electron chi connectivity index (χ3n) is 2.73. The highest BCUT2D eigenvalue weighted by atomic mass is 79.9. The Balaban J connectivity index is 2.08. The second-order valence-corrected chi connectivity index (χ2v) is 5.00. The number of hydrogen-bond acceptors (Lipinski definition) is 5. The number of benzene rings is 1. The number of nitrogens with zero attached hydrogens (tertiary/aromatic N) is 3. The van der Waals surface area contributed by atoms with E-state index in [1.807, 2.05) is 24.4 Å². The van der Waals surface area contributed by atoms with Gasteiger partial charge in [-0.15, -0.1) is 5.10 Å². The fourth-order valence-corrected chi connectivity index (χ4v) is 2.11. The smallest absolute Gasteiger partial charge is 0.121 e. The van der Waals surface area contributed by atoms with Gasteiger partial charge in [0, 0.05) is 30.7 Å². The zero-order chi connectivity index (χ0) is 14.4. The van der Waals surface area contributed by atoms with Crippen LogP contribution in [0, 0.1) is 0 Å². The number of aromatic nitrogens is 3. The Hall–Kier alpha value is -1.44. The lowest BCUT2D eigenvalue weighted by atomic mass is 10.3. The van der Waals surface area contributed by atoms with Crippen molar-refractivity contribution >= 4 is 15.9 Å². The van der Waals surface area contributed by atoms with Gasteiger partial charge in [-0.05, 0) is 28.1 Å². The lowest BCUT2D eigenvalue weighted by Gasteiger charge is -2.06. The van der Waals surface area contributed by atoms with Gasteiger partial charge in [-0.1, -0.05) is 5.21 Å². The van der Waals surface area contributed by atoms with E-state index in [0.717, 1.165) is 28.1 Å². The fourth-order valence-electron chi connectivity index (χ4n) is 1.68. The quantitative estimate of drug-likeness (QED) is 0.778. The van der Waals surface area contributed by atoms with Crippen molar-refractivity contribution in [2.24, 2.45) is 0 Å². The van der Waals surface area contributed by atoms with Crippen LogP contribution in [0.3, 0.4) is 0 Å². The number of nitrogens with one attached hydrogen (secondary N) is 1. The lowest BCUT2D eigenvalue weighted by Crippen LogP contribution is -2.18. The molecule has 2 aromatic rings. The van der Waals surface area contributed by atoms with E-state index in [1.165, 1.54) is 0 Å². The zero-order valence-corrected chi connectivity index (χ0v) is 13.1. The molecule has 108 valence electrons. The van der Waals surface area contributed by atoms with Crippen molar-refractivity contribution in [1.29, 1.82) is 0 Å². The second kappa shape index (κ2) is 7.37. The molecule has 6 nitrogen and oxygen atoms in total. The Kier molecular flexibility index (Phi) is 5.51. The molecule has 7 heteroatoms. The fraction of sp³-hybridized carbons (Fsp3) is 0.385. The van der Waals surface area contributed by atoms with Crippen LogP contribution in [0.15, 0.2) is 28.9 Å². The normalized spacial score (nSPS) is 10.8. The van der Waals surface area contributed by atoms with E-state index < -0.39 is 0 Å². The Morgan fingerprint density at radius 3 is 2.95 bits per heavy atom. The van der Waals surface area contributed by atoms with Crippen LogP contribution in [0.1, 0.15) is 5.69 Å². The van der Waals surface area contributed by atoms with Crippen molar-refractivity contribution in [3.63, 3.8) is 0 Å². The van der Waals surface area contributed by atoms with Crippen LogP contribution in [0.25, 0.3) is 5.69 Å². The highest BCUT2D eigenvalue weighted by Gasteiger charge is 2.07. The highest BCUT2D eigenvalue weighted by molar-refractivity contribution is 9.10. The Morgan fingerprint density at radius 2 is 2.20 bits per heavy atom. The Bertz CT molecular complexity index is 559. The molecule has 0 atom stereocenters. The Morgan fingerprint density at radius 1 is 1.35 bits per heavy atom. The van der Waals surface area contributed by atoms with Gasteiger partial charge in [-0.2, -0.15) is 0 Å². The molecule has 0 bridgehead atoms. The first-order valence-electron chi connectivity index (χ1n) is 6.19. The van der Waals surface area contributed by atoms with Crippen molar-refractivity contribution < 1.29 is 9.47 Å². The minimum atomic E-state index is 0.658. The Labute approximate surface area is 126 Å². The topological polar surface area (TPSA) is 61.2 Å². The largest absolute Gasteiger partial charge is 0.497 e. The standard InChI is InChI=1S/C13H17BrN4O2/c1-19-6-5-15-8-10-9-18(17-16-10)13-7-11(20-2)3-4-12(13)14/h3-4,7,9,15H,5-6,8H2,1-2H3. The molecule has 0 spiro atoms. The molecule has 0 aliphatic rings. The van der Waals surface area contributed by atoms with Gasteiger partial charge in [0.1, 0.15) is 5.75 Å². The van der Waals surface area contributed by atoms with Crippen molar-refractivity contribution in [2.45, 2.75) is 6.54 Å². The number of hydrogen-bond donors (Lipinski definition) is 1. The van der Waals surface area contributed by atoms with E-state index in [9.17, 15) is 0 Å². The number of methoxy groups -OCH3 is 2. The average Bonchev–Trinajstić information content (AvgIpc) is 2.93. The van der Waals surface area contributed by atoms with Gasteiger partial charge < -0.3 is 14.8 Å². The molecule has 0 aliphatic carbocycles. The summed E-state index contributed by atoms with van der Waals surface area (Å²) < 4.78 is 12.8. The first kappa shape index (κ1) is 15.0. The molecule has 1 aromatic heterocycles. The summed E-state index contributed by atoms with van der Waals surface area (Å²) in [6, 6.07) is 5.71. The van der Waals surface area contributed by atoms with Crippen molar-refractivity contribution in [1.82, 2.24) is 20.3 Å².